The first-order valence-corrected chi connectivity index (χ1v) is 7.76. The molecule has 0 aliphatic heterocycles. The molecule has 2 atom stereocenters. The molecule has 106 valence electrons. The number of carbonyl (C=O) groups is 1. The van der Waals surface area contributed by atoms with Gasteiger partial charge < -0.3 is 15.7 Å². The van der Waals surface area contributed by atoms with Crippen LogP contribution < -0.4 is 10.6 Å². The van der Waals surface area contributed by atoms with Crippen LogP contribution in [-0.2, 0) is 11.3 Å². The van der Waals surface area contributed by atoms with Crippen molar-refractivity contribution in [2.24, 2.45) is 5.92 Å². The van der Waals surface area contributed by atoms with Gasteiger partial charge in [0.25, 0.3) is 0 Å². The average molecular weight is 282 g/mol. The van der Waals surface area contributed by atoms with E-state index in [4.69, 9.17) is 0 Å². The second kappa shape index (κ2) is 7.03. The maximum atomic E-state index is 11.1. The SMILES string of the molecule is CC(=O)Nc1ccsc1CNCC1CCCC(O)C1. The second-order valence-electron chi connectivity index (χ2n) is 5.26. The predicted octanol–water partition coefficient (Wildman–Crippen LogP) is 2.35. The van der Waals surface area contributed by atoms with Gasteiger partial charge in [0.1, 0.15) is 0 Å². The molecule has 1 aliphatic carbocycles. The van der Waals surface area contributed by atoms with Crippen molar-refractivity contribution in [1.82, 2.24) is 5.32 Å². The highest BCUT2D eigenvalue weighted by molar-refractivity contribution is 7.10. The Labute approximate surface area is 118 Å². The van der Waals surface area contributed by atoms with Crippen LogP contribution in [0, 0.1) is 5.92 Å². The molecule has 19 heavy (non-hydrogen) atoms. The van der Waals surface area contributed by atoms with Crippen LogP contribution in [0.25, 0.3) is 0 Å². The van der Waals surface area contributed by atoms with E-state index in [9.17, 15) is 9.90 Å². The monoisotopic (exact) mass is 282 g/mol. The van der Waals surface area contributed by atoms with Gasteiger partial charge in [-0.05, 0) is 43.2 Å². The Bertz CT molecular complexity index is 419. The lowest BCUT2D eigenvalue weighted by molar-refractivity contribution is -0.114. The Morgan fingerprint density at radius 3 is 3.11 bits per heavy atom. The molecular formula is C14H22N2O2S. The van der Waals surface area contributed by atoms with Crippen LogP contribution >= 0.6 is 11.3 Å². The van der Waals surface area contributed by atoms with Gasteiger partial charge in [0, 0.05) is 18.3 Å². The summed E-state index contributed by atoms with van der Waals surface area (Å²) in [7, 11) is 0. The molecule has 1 fully saturated rings. The Balaban J connectivity index is 1.76. The molecule has 4 nitrogen and oxygen atoms in total. The van der Waals surface area contributed by atoms with Crippen molar-refractivity contribution in [2.45, 2.75) is 45.3 Å². The van der Waals surface area contributed by atoms with Gasteiger partial charge in [-0.15, -0.1) is 11.3 Å². The summed E-state index contributed by atoms with van der Waals surface area (Å²) >= 11 is 1.65. The Morgan fingerprint density at radius 2 is 2.37 bits per heavy atom. The number of hydrogen-bond acceptors (Lipinski definition) is 4. The quantitative estimate of drug-likeness (QED) is 0.777. The molecule has 2 unspecified atom stereocenters. The topological polar surface area (TPSA) is 61.4 Å². The van der Waals surface area contributed by atoms with E-state index >= 15 is 0 Å². The summed E-state index contributed by atoms with van der Waals surface area (Å²) in [4.78, 5) is 12.2. The summed E-state index contributed by atoms with van der Waals surface area (Å²) in [5.74, 6) is 0.544. The minimum Gasteiger partial charge on any atom is -0.393 e. The van der Waals surface area contributed by atoms with Crippen molar-refractivity contribution in [1.29, 1.82) is 0 Å². The average Bonchev–Trinajstić information content (AvgIpc) is 2.76. The molecule has 0 bridgehead atoms. The van der Waals surface area contributed by atoms with E-state index in [1.807, 2.05) is 11.4 Å². The third kappa shape index (κ3) is 4.60. The number of amides is 1. The zero-order valence-electron chi connectivity index (χ0n) is 11.3. The largest absolute Gasteiger partial charge is 0.393 e. The maximum Gasteiger partial charge on any atom is 0.221 e. The fourth-order valence-corrected chi connectivity index (χ4v) is 3.42. The summed E-state index contributed by atoms with van der Waals surface area (Å²) in [5.41, 5.74) is 0.911. The fraction of sp³-hybridized carbons (Fsp3) is 0.643. The van der Waals surface area contributed by atoms with Crippen molar-refractivity contribution in [3.8, 4) is 0 Å². The van der Waals surface area contributed by atoms with Gasteiger partial charge in [0.2, 0.25) is 5.91 Å². The smallest absolute Gasteiger partial charge is 0.221 e. The summed E-state index contributed by atoms with van der Waals surface area (Å²) in [6.07, 6.45) is 4.08. The van der Waals surface area contributed by atoms with Crippen LogP contribution in [0.1, 0.15) is 37.5 Å². The van der Waals surface area contributed by atoms with E-state index in [-0.39, 0.29) is 12.0 Å². The third-order valence-electron chi connectivity index (χ3n) is 3.53. The van der Waals surface area contributed by atoms with Crippen molar-refractivity contribution in [3.63, 3.8) is 0 Å². The number of hydrogen-bond donors (Lipinski definition) is 3. The Kier molecular flexibility index (Phi) is 5.36. The van der Waals surface area contributed by atoms with Gasteiger partial charge in [-0.3, -0.25) is 4.79 Å². The molecule has 3 N–H and O–H groups in total. The lowest BCUT2D eigenvalue weighted by atomic mass is 9.87. The first-order valence-electron chi connectivity index (χ1n) is 6.88. The second-order valence-corrected chi connectivity index (χ2v) is 6.26. The van der Waals surface area contributed by atoms with Crippen LogP contribution in [0.3, 0.4) is 0 Å². The number of thiophene rings is 1. The molecule has 5 heteroatoms. The third-order valence-corrected chi connectivity index (χ3v) is 4.45. The zero-order valence-corrected chi connectivity index (χ0v) is 12.1. The van der Waals surface area contributed by atoms with Gasteiger partial charge in [-0.2, -0.15) is 0 Å². The number of aliphatic hydroxyl groups is 1. The molecule has 1 amide bonds. The van der Waals surface area contributed by atoms with Crippen LogP contribution in [-0.4, -0.2) is 23.7 Å². The normalized spacial score (nSPS) is 23.3. The summed E-state index contributed by atoms with van der Waals surface area (Å²) in [6.45, 7) is 3.24. The molecule has 1 heterocycles. The summed E-state index contributed by atoms with van der Waals surface area (Å²) in [6, 6.07) is 1.94. The van der Waals surface area contributed by atoms with Gasteiger partial charge >= 0.3 is 0 Å². The van der Waals surface area contributed by atoms with Gasteiger partial charge in [0.15, 0.2) is 0 Å². The van der Waals surface area contributed by atoms with Crippen molar-refractivity contribution in [3.05, 3.63) is 16.3 Å². The lowest BCUT2D eigenvalue weighted by Gasteiger charge is -2.26. The van der Waals surface area contributed by atoms with E-state index in [1.54, 1.807) is 11.3 Å². The number of anilines is 1. The first kappa shape index (κ1) is 14.5. The number of nitrogens with one attached hydrogen (secondary N) is 2. The van der Waals surface area contributed by atoms with E-state index in [0.29, 0.717) is 5.92 Å². The van der Waals surface area contributed by atoms with E-state index in [0.717, 1.165) is 42.9 Å². The molecule has 1 aromatic rings. The van der Waals surface area contributed by atoms with Crippen molar-refractivity contribution >= 4 is 22.9 Å². The van der Waals surface area contributed by atoms with Crippen LogP contribution in [0.15, 0.2) is 11.4 Å². The minimum atomic E-state index is -0.114. The van der Waals surface area contributed by atoms with Gasteiger partial charge in [-0.1, -0.05) is 6.42 Å². The number of rotatable bonds is 5. The van der Waals surface area contributed by atoms with Crippen LogP contribution in [0.5, 0.6) is 0 Å². The summed E-state index contributed by atoms with van der Waals surface area (Å²) < 4.78 is 0. The minimum absolute atomic E-state index is 0.0324. The highest BCUT2D eigenvalue weighted by atomic mass is 32.1. The highest BCUT2D eigenvalue weighted by Gasteiger charge is 2.19. The first-order chi connectivity index (χ1) is 9.15. The molecule has 0 aromatic carbocycles. The van der Waals surface area contributed by atoms with Crippen molar-refractivity contribution < 1.29 is 9.90 Å². The highest BCUT2D eigenvalue weighted by Crippen LogP contribution is 2.25. The fourth-order valence-electron chi connectivity index (χ4n) is 2.62. The van der Waals surface area contributed by atoms with E-state index in [2.05, 4.69) is 10.6 Å². The number of aliphatic hydroxyl groups excluding tert-OH is 1. The molecular weight excluding hydrogens is 260 g/mol. The Morgan fingerprint density at radius 1 is 1.53 bits per heavy atom. The maximum absolute atomic E-state index is 11.1. The molecule has 0 spiro atoms. The van der Waals surface area contributed by atoms with Crippen LogP contribution in [0.4, 0.5) is 5.69 Å². The Hall–Kier alpha value is -0.910. The van der Waals surface area contributed by atoms with Crippen LogP contribution in [0.2, 0.25) is 0 Å². The van der Waals surface area contributed by atoms with E-state index < -0.39 is 0 Å². The summed E-state index contributed by atoms with van der Waals surface area (Å²) in [5, 5.41) is 17.9. The lowest BCUT2D eigenvalue weighted by Crippen LogP contribution is -2.28. The molecule has 1 saturated carbocycles. The zero-order chi connectivity index (χ0) is 13.7. The number of carbonyl (C=O) groups excluding carboxylic acids is 1. The predicted molar refractivity (Wildman–Crippen MR) is 78.3 cm³/mol. The standard InChI is InChI=1S/C14H22N2O2S/c1-10(17)16-13-5-6-19-14(13)9-15-8-11-3-2-4-12(18)7-11/h5-6,11-12,15,18H,2-4,7-9H2,1H3,(H,16,17). The molecule has 1 aliphatic rings. The van der Waals surface area contributed by atoms with E-state index in [1.165, 1.54) is 13.3 Å². The van der Waals surface area contributed by atoms with Crippen molar-refractivity contribution in [2.75, 3.05) is 11.9 Å². The molecule has 0 saturated heterocycles. The molecule has 2 rings (SSSR count). The molecule has 1 aromatic heterocycles. The molecule has 0 radical (unpaired) electrons. The van der Waals surface area contributed by atoms with Gasteiger partial charge in [-0.25, -0.2) is 0 Å². The van der Waals surface area contributed by atoms with Gasteiger partial charge in [0.05, 0.1) is 11.8 Å².